The van der Waals surface area contributed by atoms with Crippen LogP contribution in [0.15, 0.2) is 133 Å². The molecule has 1 saturated heterocycles. The van der Waals surface area contributed by atoms with Gasteiger partial charge in [-0.2, -0.15) is 0 Å². The monoisotopic (exact) mass is 652 g/mol. The fourth-order valence-electron chi connectivity index (χ4n) is 6.28. The number of aromatic nitrogens is 4. The normalized spacial score (nSPS) is 17.4. The number of fused-ring (bicyclic) bond motifs is 1. The minimum absolute atomic E-state index is 0.0933. The van der Waals surface area contributed by atoms with E-state index in [0.717, 1.165) is 22.4 Å². The molecule has 7 rings (SSSR count). The summed E-state index contributed by atoms with van der Waals surface area (Å²) in [5.41, 5.74) is 12.6. The van der Waals surface area contributed by atoms with Crippen LogP contribution in [-0.2, 0) is 15.1 Å². The molecule has 3 atom stereocenters. The van der Waals surface area contributed by atoms with Crippen molar-refractivity contribution in [2.45, 2.75) is 30.4 Å². The van der Waals surface area contributed by atoms with Crippen molar-refractivity contribution in [2.75, 3.05) is 19.0 Å². The van der Waals surface area contributed by atoms with Crippen LogP contribution in [0.4, 0.5) is 5.82 Å². The Labute approximate surface area is 282 Å². The summed E-state index contributed by atoms with van der Waals surface area (Å²) in [5, 5.41) is 6.95. The van der Waals surface area contributed by atoms with Crippen molar-refractivity contribution in [1.29, 1.82) is 0 Å². The Hall–Kier alpha value is -6.07. The molecular weight excluding hydrogens is 620 g/mol. The van der Waals surface area contributed by atoms with Crippen LogP contribution < -0.4 is 10.1 Å². The Morgan fingerprint density at radius 1 is 0.918 bits per heavy atom. The standard InChI is InChI=1S/C37H32N8O4/c1-47-29-19-17-28(18-20-29)37(26-13-7-3-8-14-26,27-15-9-4-10-16-27)48-22-31-30(43-44-38)21-32(49-31)45-24-41-33-34(39-23-40-35(33)45)42-36(46)25-11-5-2-6-12-25/h2-20,23-24,30-32H,21-22H2,1H3,(H,39,40,42,46)/t30-,31-,32-/m1/s1. The molecule has 0 saturated carbocycles. The summed E-state index contributed by atoms with van der Waals surface area (Å²) in [6.45, 7) is 0.0933. The maximum atomic E-state index is 12.9. The zero-order valence-electron chi connectivity index (χ0n) is 26.5. The first-order chi connectivity index (χ1) is 24.1. The molecule has 0 spiro atoms. The van der Waals surface area contributed by atoms with E-state index >= 15 is 0 Å². The lowest BCUT2D eigenvalue weighted by atomic mass is 9.80. The van der Waals surface area contributed by atoms with Crippen LogP contribution in [0.3, 0.4) is 0 Å². The van der Waals surface area contributed by atoms with E-state index in [1.165, 1.54) is 6.33 Å². The molecule has 2 aromatic heterocycles. The fourth-order valence-corrected chi connectivity index (χ4v) is 6.28. The number of azide groups is 1. The van der Waals surface area contributed by atoms with E-state index < -0.39 is 24.0 Å². The topological polar surface area (TPSA) is 149 Å². The lowest BCUT2D eigenvalue weighted by Crippen LogP contribution is -2.37. The Morgan fingerprint density at radius 2 is 1.55 bits per heavy atom. The molecule has 0 radical (unpaired) electrons. The summed E-state index contributed by atoms with van der Waals surface area (Å²) < 4.78 is 20.8. The third-order valence-corrected chi connectivity index (χ3v) is 8.66. The minimum atomic E-state index is -1.03. The van der Waals surface area contributed by atoms with Gasteiger partial charge in [-0.15, -0.1) is 0 Å². The van der Waals surface area contributed by atoms with Gasteiger partial charge in [-0.3, -0.25) is 9.36 Å². The van der Waals surface area contributed by atoms with Gasteiger partial charge in [0.25, 0.3) is 5.91 Å². The van der Waals surface area contributed by atoms with Crippen LogP contribution in [0, 0.1) is 0 Å². The highest BCUT2D eigenvalue weighted by Crippen LogP contribution is 2.42. The predicted octanol–water partition coefficient (Wildman–Crippen LogP) is 7.06. The molecule has 49 heavy (non-hydrogen) atoms. The highest BCUT2D eigenvalue weighted by atomic mass is 16.6. The summed E-state index contributed by atoms with van der Waals surface area (Å²) in [4.78, 5) is 29.3. The summed E-state index contributed by atoms with van der Waals surface area (Å²) >= 11 is 0. The SMILES string of the molecule is COc1ccc(C(OC[C@H]2O[C@@H](n3cnc4c(NC(=O)c5ccccc5)ncnc43)C[C@H]2N=[N+]=[N-])(c2ccccc2)c2ccccc2)cc1. The molecule has 4 aromatic carbocycles. The van der Waals surface area contributed by atoms with Crippen molar-refractivity contribution in [3.05, 3.63) is 161 Å². The molecule has 0 unspecified atom stereocenters. The lowest BCUT2D eigenvalue weighted by Gasteiger charge is -2.37. The average Bonchev–Trinajstić information content (AvgIpc) is 3.78. The van der Waals surface area contributed by atoms with E-state index in [2.05, 4.69) is 30.3 Å². The van der Waals surface area contributed by atoms with Crippen LogP contribution >= 0.6 is 0 Å². The quantitative estimate of drug-likeness (QED) is 0.0681. The number of carbonyl (C=O) groups excluding carboxylic acids is 1. The van der Waals surface area contributed by atoms with Crippen molar-refractivity contribution in [1.82, 2.24) is 19.5 Å². The molecular formula is C37H32N8O4. The zero-order valence-corrected chi connectivity index (χ0v) is 26.5. The van der Waals surface area contributed by atoms with Crippen molar-refractivity contribution < 1.29 is 19.0 Å². The van der Waals surface area contributed by atoms with Gasteiger partial charge in [0, 0.05) is 16.9 Å². The van der Waals surface area contributed by atoms with Crippen molar-refractivity contribution in [3.63, 3.8) is 0 Å². The van der Waals surface area contributed by atoms with Crippen molar-refractivity contribution in [3.8, 4) is 5.75 Å². The van der Waals surface area contributed by atoms with Gasteiger partial charge in [0.1, 0.15) is 23.9 Å². The van der Waals surface area contributed by atoms with Crippen LogP contribution in [0.2, 0.25) is 0 Å². The Balaban J connectivity index is 1.20. The lowest BCUT2D eigenvalue weighted by molar-refractivity contribution is -0.0779. The number of ether oxygens (including phenoxy) is 3. The van der Waals surface area contributed by atoms with E-state index in [-0.39, 0.29) is 18.3 Å². The molecule has 0 bridgehead atoms. The summed E-state index contributed by atoms with van der Waals surface area (Å²) in [7, 11) is 1.63. The van der Waals surface area contributed by atoms with Gasteiger partial charge in [-0.25, -0.2) is 15.0 Å². The molecule has 1 amide bonds. The third-order valence-electron chi connectivity index (χ3n) is 8.66. The van der Waals surface area contributed by atoms with Crippen LogP contribution in [0.5, 0.6) is 5.75 Å². The highest BCUT2D eigenvalue weighted by Gasteiger charge is 2.42. The first-order valence-electron chi connectivity index (χ1n) is 15.7. The maximum absolute atomic E-state index is 12.9. The van der Waals surface area contributed by atoms with Crippen LogP contribution in [0.25, 0.3) is 21.6 Å². The van der Waals surface area contributed by atoms with Crippen molar-refractivity contribution in [2.24, 2.45) is 5.11 Å². The summed E-state index contributed by atoms with van der Waals surface area (Å²) in [6, 6.07) is 36.1. The molecule has 3 heterocycles. The van der Waals surface area contributed by atoms with Crippen molar-refractivity contribution >= 4 is 22.9 Å². The maximum Gasteiger partial charge on any atom is 0.256 e. The molecule has 12 nitrogen and oxygen atoms in total. The minimum Gasteiger partial charge on any atom is -0.497 e. The summed E-state index contributed by atoms with van der Waals surface area (Å²) in [5.74, 6) is 0.686. The second-order valence-electron chi connectivity index (χ2n) is 11.5. The number of rotatable bonds is 11. The molecule has 1 N–H and O–H groups in total. The average molecular weight is 653 g/mol. The second-order valence-corrected chi connectivity index (χ2v) is 11.5. The second kappa shape index (κ2) is 14.0. The molecule has 244 valence electrons. The van der Waals surface area contributed by atoms with E-state index in [1.807, 2.05) is 91.0 Å². The van der Waals surface area contributed by atoms with E-state index in [0.29, 0.717) is 23.1 Å². The number of imidazole rings is 1. The fraction of sp³-hybridized carbons (Fsp3) is 0.189. The third kappa shape index (κ3) is 6.19. The van der Waals surface area contributed by atoms with Gasteiger partial charge in [-0.1, -0.05) is 96.1 Å². The Morgan fingerprint density at radius 3 is 2.18 bits per heavy atom. The largest absolute Gasteiger partial charge is 0.497 e. The molecule has 1 aliphatic rings. The smallest absolute Gasteiger partial charge is 0.256 e. The number of methoxy groups -OCH3 is 1. The number of anilines is 1. The van der Waals surface area contributed by atoms with Gasteiger partial charge in [0.2, 0.25) is 0 Å². The van der Waals surface area contributed by atoms with Gasteiger partial charge >= 0.3 is 0 Å². The number of amides is 1. The number of nitrogens with zero attached hydrogens (tertiary/aromatic N) is 7. The molecule has 1 fully saturated rings. The first-order valence-corrected chi connectivity index (χ1v) is 15.7. The van der Waals surface area contributed by atoms with Gasteiger partial charge in [-0.05, 0) is 46.5 Å². The van der Waals surface area contributed by atoms with Gasteiger partial charge in [0.15, 0.2) is 17.0 Å². The number of carbonyl (C=O) groups is 1. The molecule has 6 aromatic rings. The summed E-state index contributed by atoms with van der Waals surface area (Å²) in [6.07, 6.45) is 2.12. The van der Waals surface area contributed by atoms with E-state index in [9.17, 15) is 10.3 Å². The molecule has 0 aliphatic carbocycles. The predicted molar refractivity (Wildman–Crippen MR) is 183 cm³/mol. The van der Waals surface area contributed by atoms with Crippen LogP contribution in [0.1, 0.15) is 39.7 Å². The van der Waals surface area contributed by atoms with Gasteiger partial charge in [0.05, 0.1) is 32.2 Å². The number of hydrogen-bond donors (Lipinski definition) is 1. The molecule has 12 heteroatoms. The number of benzene rings is 4. The zero-order chi connectivity index (χ0) is 33.6. The molecule has 1 aliphatic heterocycles. The van der Waals surface area contributed by atoms with Crippen LogP contribution in [-0.4, -0.2) is 51.3 Å². The first kappa shape index (κ1) is 31.5. The Kier molecular flexibility index (Phi) is 8.98. The number of nitrogens with one attached hydrogen (secondary N) is 1. The number of hydrogen-bond acceptors (Lipinski definition) is 8. The van der Waals surface area contributed by atoms with E-state index in [4.69, 9.17) is 14.2 Å². The van der Waals surface area contributed by atoms with Gasteiger partial charge < -0.3 is 19.5 Å². The van der Waals surface area contributed by atoms with E-state index in [1.54, 1.807) is 42.3 Å². The highest BCUT2D eigenvalue weighted by molar-refractivity contribution is 6.06. The Bertz CT molecular complexity index is 2050.